The van der Waals surface area contributed by atoms with Crippen molar-refractivity contribution in [2.24, 2.45) is 0 Å². The van der Waals surface area contributed by atoms with E-state index in [9.17, 15) is 9.90 Å². The Hall–Kier alpha value is -1.69. The third kappa shape index (κ3) is 3.06. The summed E-state index contributed by atoms with van der Waals surface area (Å²) in [5, 5.41) is 11.6. The van der Waals surface area contributed by atoms with Gasteiger partial charge in [0.25, 0.3) is 0 Å². The van der Waals surface area contributed by atoms with E-state index in [0.29, 0.717) is 22.8 Å². The van der Waals surface area contributed by atoms with Gasteiger partial charge in [0.1, 0.15) is 0 Å². The summed E-state index contributed by atoms with van der Waals surface area (Å²) >= 11 is 0. The summed E-state index contributed by atoms with van der Waals surface area (Å²) in [5.41, 5.74) is -0.110. The van der Waals surface area contributed by atoms with Gasteiger partial charge in [0.2, 0.25) is 5.75 Å². The highest BCUT2D eigenvalue weighted by molar-refractivity contribution is 6.80. The third-order valence-electron chi connectivity index (χ3n) is 3.15. The van der Waals surface area contributed by atoms with Crippen LogP contribution in [0, 0.1) is 0 Å². The van der Waals surface area contributed by atoms with E-state index in [1.165, 1.54) is 21.3 Å². The van der Waals surface area contributed by atoms with Crippen LogP contribution in [0.25, 0.3) is 0 Å². The van der Waals surface area contributed by atoms with Gasteiger partial charge in [0, 0.05) is 17.1 Å². The summed E-state index contributed by atoms with van der Waals surface area (Å²) in [6, 6.07) is 3.39. The minimum absolute atomic E-state index is 0.392. The van der Waals surface area contributed by atoms with Crippen LogP contribution in [0.3, 0.4) is 0 Å². The predicted octanol–water partition coefficient (Wildman–Crippen LogP) is 1.42. The van der Waals surface area contributed by atoms with E-state index in [1.54, 1.807) is 12.1 Å². The van der Waals surface area contributed by atoms with Crippen molar-refractivity contribution in [2.45, 2.75) is 25.2 Å². The average molecular weight is 297 g/mol. The van der Waals surface area contributed by atoms with Crippen molar-refractivity contribution in [1.82, 2.24) is 0 Å². The van der Waals surface area contributed by atoms with E-state index in [1.807, 2.05) is 19.6 Å². The molecule has 0 aliphatic rings. The first-order valence-electron chi connectivity index (χ1n) is 6.27. The summed E-state index contributed by atoms with van der Waals surface area (Å²) in [6.45, 7) is 5.93. The van der Waals surface area contributed by atoms with Gasteiger partial charge in [-0.05, 0) is 6.07 Å². The van der Waals surface area contributed by atoms with Crippen LogP contribution >= 0.6 is 0 Å². The Kier molecular flexibility index (Phi) is 5.05. The molecule has 1 unspecified atom stereocenters. The number of aliphatic carboxylic acids is 1. The van der Waals surface area contributed by atoms with E-state index in [2.05, 4.69) is 0 Å². The topological polar surface area (TPSA) is 67.8 Å². The standard InChI is InChI=1S/C14H22O5Si/c1-17-10-8-7-9(11(18-2)12(10)19-3)13(14(15)16)20(4,5)6/h7-8,13H,1-6H3,(H,15,16)/p-1. The van der Waals surface area contributed by atoms with Crippen molar-refractivity contribution in [3.05, 3.63) is 17.7 Å². The zero-order chi connectivity index (χ0) is 15.5. The smallest absolute Gasteiger partial charge is 0.203 e. The highest BCUT2D eigenvalue weighted by atomic mass is 28.3. The van der Waals surface area contributed by atoms with Crippen molar-refractivity contribution in [2.75, 3.05) is 21.3 Å². The first-order chi connectivity index (χ1) is 9.27. The SMILES string of the molecule is COc1ccc(C(C(=O)[O-])[Si](C)(C)C)c(OC)c1OC. The molecule has 112 valence electrons. The molecule has 0 aromatic heterocycles. The molecule has 20 heavy (non-hydrogen) atoms. The highest BCUT2D eigenvalue weighted by Crippen LogP contribution is 2.44. The second-order valence-corrected chi connectivity index (χ2v) is 10.9. The van der Waals surface area contributed by atoms with Gasteiger partial charge < -0.3 is 24.1 Å². The van der Waals surface area contributed by atoms with Crippen LogP contribution in [0.5, 0.6) is 17.2 Å². The molecule has 1 aromatic carbocycles. The van der Waals surface area contributed by atoms with Crippen molar-refractivity contribution in [3.63, 3.8) is 0 Å². The molecular formula is C14H21O5Si-. The van der Waals surface area contributed by atoms with Crippen molar-refractivity contribution in [3.8, 4) is 17.2 Å². The lowest BCUT2D eigenvalue weighted by Crippen LogP contribution is -2.44. The maximum atomic E-state index is 11.6. The number of rotatable bonds is 6. The minimum atomic E-state index is -2.04. The summed E-state index contributed by atoms with van der Waals surface area (Å²) in [7, 11) is 2.46. The second kappa shape index (κ2) is 6.17. The van der Waals surface area contributed by atoms with Gasteiger partial charge in [-0.1, -0.05) is 25.7 Å². The maximum Gasteiger partial charge on any atom is 0.203 e. The monoisotopic (exact) mass is 297 g/mol. The summed E-state index contributed by atoms with van der Waals surface area (Å²) in [6.07, 6.45) is 0. The Morgan fingerprint density at radius 3 is 1.95 bits per heavy atom. The number of hydrogen-bond donors (Lipinski definition) is 0. The van der Waals surface area contributed by atoms with Crippen LogP contribution in [0.15, 0.2) is 12.1 Å². The van der Waals surface area contributed by atoms with Crippen LogP contribution in [0.4, 0.5) is 0 Å². The average Bonchev–Trinajstić information content (AvgIpc) is 2.35. The number of carbonyl (C=O) groups excluding carboxylic acids is 1. The van der Waals surface area contributed by atoms with Crippen LogP contribution in [0.2, 0.25) is 19.6 Å². The van der Waals surface area contributed by atoms with Gasteiger partial charge in [-0.15, -0.1) is 0 Å². The molecule has 0 N–H and O–H groups in total. The van der Waals surface area contributed by atoms with Crippen LogP contribution in [-0.2, 0) is 4.79 Å². The molecule has 6 heteroatoms. The molecule has 5 nitrogen and oxygen atoms in total. The lowest BCUT2D eigenvalue weighted by Gasteiger charge is -2.32. The zero-order valence-corrected chi connectivity index (χ0v) is 13.8. The number of carboxylic acids is 1. The number of hydrogen-bond acceptors (Lipinski definition) is 5. The van der Waals surface area contributed by atoms with E-state index >= 15 is 0 Å². The van der Waals surface area contributed by atoms with Gasteiger partial charge in [-0.2, -0.15) is 0 Å². The van der Waals surface area contributed by atoms with Gasteiger partial charge in [0.15, 0.2) is 11.5 Å². The Morgan fingerprint density at radius 1 is 1.05 bits per heavy atom. The number of ether oxygens (including phenoxy) is 3. The molecule has 0 heterocycles. The predicted molar refractivity (Wildman–Crippen MR) is 77.2 cm³/mol. The number of benzene rings is 1. The second-order valence-electron chi connectivity index (χ2n) is 5.54. The summed E-state index contributed by atoms with van der Waals surface area (Å²) in [5.74, 6) is 0.205. The van der Waals surface area contributed by atoms with E-state index in [-0.39, 0.29) is 0 Å². The van der Waals surface area contributed by atoms with Crippen LogP contribution in [-0.4, -0.2) is 35.4 Å². The first-order valence-corrected chi connectivity index (χ1v) is 9.85. The Balaban J connectivity index is 3.55. The molecule has 1 aromatic rings. The largest absolute Gasteiger partial charge is 0.550 e. The van der Waals surface area contributed by atoms with E-state index in [0.717, 1.165) is 0 Å². The Labute approximate surface area is 120 Å². The number of carboxylic acid groups (broad SMARTS) is 1. The fourth-order valence-corrected chi connectivity index (χ4v) is 4.17. The molecule has 0 fully saturated rings. The molecule has 0 spiro atoms. The molecular weight excluding hydrogens is 276 g/mol. The Bertz CT molecular complexity index is 493. The summed E-state index contributed by atoms with van der Waals surface area (Å²) in [4.78, 5) is 11.6. The molecule has 1 rings (SSSR count). The van der Waals surface area contributed by atoms with Gasteiger partial charge >= 0.3 is 0 Å². The molecule has 0 bridgehead atoms. The van der Waals surface area contributed by atoms with E-state index < -0.39 is 19.6 Å². The van der Waals surface area contributed by atoms with Crippen LogP contribution in [0.1, 0.15) is 11.1 Å². The van der Waals surface area contributed by atoms with Crippen molar-refractivity contribution < 1.29 is 24.1 Å². The van der Waals surface area contributed by atoms with Gasteiger partial charge in [0.05, 0.1) is 29.4 Å². The highest BCUT2D eigenvalue weighted by Gasteiger charge is 2.33. The first kappa shape index (κ1) is 16.4. The van der Waals surface area contributed by atoms with Crippen molar-refractivity contribution >= 4 is 14.0 Å². The number of carbonyl (C=O) groups is 1. The minimum Gasteiger partial charge on any atom is -0.550 e. The molecule has 0 radical (unpaired) electrons. The molecule has 0 saturated carbocycles. The molecule has 0 saturated heterocycles. The molecule has 0 aliphatic heterocycles. The lowest BCUT2D eigenvalue weighted by molar-refractivity contribution is -0.305. The quantitative estimate of drug-likeness (QED) is 0.743. The van der Waals surface area contributed by atoms with E-state index in [4.69, 9.17) is 14.2 Å². The Morgan fingerprint density at radius 2 is 1.60 bits per heavy atom. The van der Waals surface area contributed by atoms with Gasteiger partial charge in [-0.25, -0.2) is 0 Å². The maximum absolute atomic E-state index is 11.6. The molecule has 0 aliphatic carbocycles. The van der Waals surface area contributed by atoms with Crippen molar-refractivity contribution in [1.29, 1.82) is 0 Å². The third-order valence-corrected chi connectivity index (χ3v) is 5.43. The van der Waals surface area contributed by atoms with Crippen LogP contribution < -0.4 is 19.3 Å². The fraction of sp³-hybridized carbons (Fsp3) is 0.500. The molecule has 1 atom stereocenters. The molecule has 0 amide bonds. The lowest BCUT2D eigenvalue weighted by atomic mass is 10.1. The number of methoxy groups -OCH3 is 3. The normalized spacial score (nSPS) is 12.7. The fourth-order valence-electron chi connectivity index (χ4n) is 2.30. The van der Waals surface area contributed by atoms with Gasteiger partial charge in [-0.3, -0.25) is 0 Å². The zero-order valence-electron chi connectivity index (χ0n) is 12.8. The summed E-state index contributed by atoms with van der Waals surface area (Å²) < 4.78 is 15.9.